The zero-order valence-electron chi connectivity index (χ0n) is 16.9. The topological polar surface area (TPSA) is 53.4 Å². The Morgan fingerprint density at radius 3 is 2.50 bits per heavy atom. The lowest BCUT2D eigenvalue weighted by atomic mass is 10.2. The van der Waals surface area contributed by atoms with E-state index in [2.05, 4.69) is 15.9 Å². The minimum absolute atomic E-state index is 0.109. The predicted octanol–water partition coefficient (Wildman–Crippen LogP) is 6.23. The van der Waals surface area contributed by atoms with Crippen LogP contribution in [0.4, 0.5) is 0 Å². The molecule has 0 atom stereocenters. The Hall–Kier alpha value is -2.38. The van der Waals surface area contributed by atoms with Gasteiger partial charge in [-0.15, -0.1) is 0 Å². The molecule has 8 heteroatoms. The van der Waals surface area contributed by atoms with Gasteiger partial charge in [0.25, 0.3) is 5.56 Å². The predicted molar refractivity (Wildman–Crippen MR) is 132 cm³/mol. The van der Waals surface area contributed by atoms with Gasteiger partial charge in [-0.3, -0.25) is 9.36 Å². The molecule has 0 saturated heterocycles. The highest BCUT2D eigenvalue weighted by atomic mass is 79.9. The molecule has 32 heavy (non-hydrogen) atoms. The molecule has 0 spiro atoms. The van der Waals surface area contributed by atoms with Crippen LogP contribution in [-0.4, -0.2) is 29.4 Å². The van der Waals surface area contributed by atoms with Crippen molar-refractivity contribution in [3.63, 3.8) is 0 Å². The van der Waals surface area contributed by atoms with Crippen LogP contribution in [0, 0.1) is 0 Å². The summed E-state index contributed by atoms with van der Waals surface area (Å²) >= 11 is 15.5. The molecule has 0 radical (unpaired) electrons. The van der Waals surface area contributed by atoms with Crippen molar-refractivity contribution in [3.05, 3.63) is 91.6 Å². The fourth-order valence-electron chi connectivity index (χ4n) is 3.26. The lowest BCUT2D eigenvalue weighted by Gasteiger charge is -2.14. The molecule has 0 bridgehead atoms. The van der Waals surface area contributed by atoms with Crippen LogP contribution in [0.25, 0.3) is 22.3 Å². The van der Waals surface area contributed by atoms with E-state index in [0.29, 0.717) is 58.9 Å². The number of para-hydroxylation sites is 1. The number of fused-ring (bicyclic) bond motifs is 1. The van der Waals surface area contributed by atoms with Crippen LogP contribution in [0.5, 0.6) is 5.75 Å². The molecule has 0 aliphatic carbocycles. The number of ether oxygens (including phenoxy) is 2. The van der Waals surface area contributed by atoms with E-state index in [-0.39, 0.29) is 5.56 Å². The molecule has 0 fully saturated rings. The van der Waals surface area contributed by atoms with E-state index in [1.807, 2.05) is 36.4 Å². The summed E-state index contributed by atoms with van der Waals surface area (Å²) in [5, 5.41) is 1.72. The number of rotatable bonds is 8. The lowest BCUT2D eigenvalue weighted by molar-refractivity contribution is 0.0941. The highest BCUT2D eigenvalue weighted by molar-refractivity contribution is 9.10. The van der Waals surface area contributed by atoms with E-state index in [9.17, 15) is 4.79 Å². The van der Waals surface area contributed by atoms with Gasteiger partial charge < -0.3 is 9.47 Å². The Morgan fingerprint density at radius 2 is 1.72 bits per heavy atom. The van der Waals surface area contributed by atoms with Crippen LogP contribution in [0.3, 0.4) is 0 Å². The van der Waals surface area contributed by atoms with E-state index in [1.54, 1.807) is 34.9 Å². The van der Waals surface area contributed by atoms with Crippen molar-refractivity contribution >= 4 is 50.0 Å². The van der Waals surface area contributed by atoms with Gasteiger partial charge in [0.05, 0.1) is 35.7 Å². The van der Waals surface area contributed by atoms with E-state index >= 15 is 0 Å². The molecule has 0 aliphatic rings. The Labute approximate surface area is 203 Å². The first-order valence-corrected chi connectivity index (χ1v) is 11.5. The Balaban J connectivity index is 1.46. The Bertz CT molecular complexity index is 1290. The van der Waals surface area contributed by atoms with Crippen molar-refractivity contribution in [2.24, 2.45) is 0 Å². The third-order valence-electron chi connectivity index (χ3n) is 4.80. The largest absolute Gasteiger partial charge is 0.490 e. The third-order valence-corrected chi connectivity index (χ3v) is 5.84. The van der Waals surface area contributed by atoms with Gasteiger partial charge in [0.1, 0.15) is 18.2 Å². The summed E-state index contributed by atoms with van der Waals surface area (Å²) in [5.74, 6) is 1.17. The van der Waals surface area contributed by atoms with E-state index in [4.69, 9.17) is 37.7 Å². The van der Waals surface area contributed by atoms with Crippen molar-refractivity contribution in [3.8, 4) is 17.1 Å². The Kier molecular flexibility index (Phi) is 7.48. The van der Waals surface area contributed by atoms with Gasteiger partial charge in [0.15, 0.2) is 0 Å². The molecule has 0 N–H and O–H groups in total. The second kappa shape index (κ2) is 10.5. The number of benzene rings is 3. The summed E-state index contributed by atoms with van der Waals surface area (Å²) in [6.45, 7) is 1.39. The fraction of sp³-hybridized carbons (Fsp3) is 0.167. The first kappa shape index (κ1) is 22.8. The standard InChI is InChI=1S/C24H19BrCl2N2O3/c25-17-7-10-22(20(27)15-17)32-14-13-31-12-11-29-23(16-5-8-18(26)9-6-16)28-21-4-2-1-3-19(21)24(29)30/h1-10,15H,11-14H2. The Morgan fingerprint density at radius 1 is 0.938 bits per heavy atom. The van der Waals surface area contributed by atoms with Crippen LogP contribution in [0.1, 0.15) is 0 Å². The average Bonchev–Trinajstić information content (AvgIpc) is 2.79. The maximum absolute atomic E-state index is 13.2. The minimum Gasteiger partial charge on any atom is -0.490 e. The van der Waals surface area contributed by atoms with Gasteiger partial charge in [-0.25, -0.2) is 4.98 Å². The number of hydrogen-bond donors (Lipinski definition) is 0. The van der Waals surface area contributed by atoms with Crippen molar-refractivity contribution in [1.29, 1.82) is 0 Å². The summed E-state index contributed by atoms with van der Waals surface area (Å²) in [6.07, 6.45) is 0. The van der Waals surface area contributed by atoms with Crippen LogP contribution in [-0.2, 0) is 11.3 Å². The fourth-order valence-corrected chi connectivity index (χ4v) is 4.11. The van der Waals surface area contributed by atoms with Crippen molar-refractivity contribution in [2.75, 3.05) is 19.8 Å². The van der Waals surface area contributed by atoms with Crippen molar-refractivity contribution < 1.29 is 9.47 Å². The molecule has 3 aromatic carbocycles. The molecule has 164 valence electrons. The number of halogens is 3. The lowest BCUT2D eigenvalue weighted by Crippen LogP contribution is -2.26. The summed E-state index contributed by atoms with van der Waals surface area (Å²) < 4.78 is 13.9. The SMILES string of the molecule is O=c1c2ccccc2nc(-c2ccc(Cl)cc2)n1CCOCCOc1ccc(Br)cc1Cl. The average molecular weight is 534 g/mol. The molecular formula is C24H19BrCl2N2O3. The monoisotopic (exact) mass is 532 g/mol. The zero-order chi connectivity index (χ0) is 22.5. The maximum Gasteiger partial charge on any atom is 0.261 e. The molecule has 1 heterocycles. The molecule has 1 aromatic heterocycles. The van der Waals surface area contributed by atoms with Gasteiger partial charge in [-0.1, -0.05) is 51.3 Å². The van der Waals surface area contributed by atoms with Gasteiger partial charge in [0, 0.05) is 15.1 Å². The molecular weight excluding hydrogens is 515 g/mol. The highest BCUT2D eigenvalue weighted by Gasteiger charge is 2.13. The molecule has 0 unspecified atom stereocenters. The van der Waals surface area contributed by atoms with Crippen LogP contribution >= 0.6 is 39.1 Å². The third kappa shape index (κ3) is 5.33. The quantitative estimate of drug-likeness (QED) is 0.252. The van der Waals surface area contributed by atoms with Crippen molar-refractivity contribution in [2.45, 2.75) is 6.54 Å². The van der Waals surface area contributed by atoms with Gasteiger partial charge in [-0.05, 0) is 54.6 Å². The van der Waals surface area contributed by atoms with Gasteiger partial charge in [0.2, 0.25) is 0 Å². The minimum atomic E-state index is -0.109. The summed E-state index contributed by atoms with van der Waals surface area (Å²) in [6, 6.07) is 20.0. The first-order valence-electron chi connectivity index (χ1n) is 9.94. The molecule has 4 aromatic rings. The highest BCUT2D eigenvalue weighted by Crippen LogP contribution is 2.27. The summed E-state index contributed by atoms with van der Waals surface area (Å²) in [4.78, 5) is 17.9. The van der Waals surface area contributed by atoms with E-state index < -0.39 is 0 Å². The summed E-state index contributed by atoms with van der Waals surface area (Å²) in [7, 11) is 0. The molecule has 5 nitrogen and oxygen atoms in total. The van der Waals surface area contributed by atoms with Crippen molar-refractivity contribution in [1.82, 2.24) is 9.55 Å². The van der Waals surface area contributed by atoms with Crippen LogP contribution < -0.4 is 10.3 Å². The second-order valence-electron chi connectivity index (χ2n) is 6.95. The molecule has 0 amide bonds. The molecule has 0 aliphatic heterocycles. The molecule has 4 rings (SSSR count). The first-order chi connectivity index (χ1) is 15.5. The number of aromatic nitrogens is 2. The zero-order valence-corrected chi connectivity index (χ0v) is 20.0. The number of nitrogens with zero attached hydrogens (tertiary/aromatic N) is 2. The smallest absolute Gasteiger partial charge is 0.261 e. The van der Waals surface area contributed by atoms with Gasteiger partial charge in [-0.2, -0.15) is 0 Å². The van der Waals surface area contributed by atoms with Crippen LogP contribution in [0.2, 0.25) is 10.0 Å². The maximum atomic E-state index is 13.2. The molecule has 0 saturated carbocycles. The van der Waals surface area contributed by atoms with E-state index in [1.165, 1.54) is 0 Å². The number of hydrogen-bond acceptors (Lipinski definition) is 4. The normalized spacial score (nSPS) is 11.1. The van der Waals surface area contributed by atoms with Crippen LogP contribution in [0.15, 0.2) is 76.0 Å². The summed E-state index contributed by atoms with van der Waals surface area (Å²) in [5.41, 5.74) is 1.35. The second-order valence-corrected chi connectivity index (χ2v) is 8.71. The van der Waals surface area contributed by atoms with E-state index in [0.717, 1.165) is 10.0 Å². The van der Waals surface area contributed by atoms with Gasteiger partial charge >= 0.3 is 0 Å².